The van der Waals surface area contributed by atoms with Crippen LogP contribution < -0.4 is 0 Å². The van der Waals surface area contributed by atoms with Gasteiger partial charge >= 0.3 is 5.97 Å². The number of ether oxygens (including phenoxy) is 1. The molecule has 0 saturated carbocycles. The van der Waals surface area contributed by atoms with E-state index >= 15 is 0 Å². The highest BCUT2D eigenvalue weighted by molar-refractivity contribution is 7.90. The number of esters is 1. The lowest BCUT2D eigenvalue weighted by Gasteiger charge is -2.07. The van der Waals surface area contributed by atoms with Gasteiger partial charge in [0.1, 0.15) is 11.6 Å². The van der Waals surface area contributed by atoms with Crippen LogP contribution in [0.4, 0.5) is 8.78 Å². The molecule has 0 heterocycles. The lowest BCUT2D eigenvalue weighted by molar-refractivity contribution is 0.0595. The predicted molar refractivity (Wildman–Crippen MR) is 80.7 cm³/mol. The molecule has 0 spiro atoms. The van der Waals surface area contributed by atoms with Crippen LogP contribution in [0.3, 0.4) is 0 Å². The van der Waals surface area contributed by atoms with Crippen LogP contribution in [0.2, 0.25) is 0 Å². The Morgan fingerprint density at radius 1 is 0.958 bits per heavy atom. The number of methoxy groups -OCH3 is 1. The Hall–Kier alpha value is -2.61. The summed E-state index contributed by atoms with van der Waals surface area (Å²) in [4.78, 5) is 23.6. The van der Waals surface area contributed by atoms with Gasteiger partial charge in [0.05, 0.1) is 23.1 Å². The molecule has 0 bridgehead atoms. The molecular formula is C16H12F2O5S. The first kappa shape index (κ1) is 17.7. The highest BCUT2D eigenvalue weighted by Crippen LogP contribution is 2.20. The Bertz CT molecular complexity index is 935. The highest BCUT2D eigenvalue weighted by atomic mass is 32.2. The largest absolute Gasteiger partial charge is 0.465 e. The summed E-state index contributed by atoms with van der Waals surface area (Å²) in [5.74, 6) is -3.71. The fourth-order valence-corrected chi connectivity index (χ4v) is 2.64. The van der Waals surface area contributed by atoms with Crippen LogP contribution in [-0.2, 0) is 14.6 Å². The molecule has 0 fully saturated rings. The molecule has 24 heavy (non-hydrogen) atoms. The number of ketones is 1. The van der Waals surface area contributed by atoms with Crippen molar-refractivity contribution in [2.75, 3.05) is 13.4 Å². The van der Waals surface area contributed by atoms with E-state index in [1.807, 2.05) is 0 Å². The monoisotopic (exact) mass is 354 g/mol. The number of carbonyl (C=O) groups excluding carboxylic acids is 2. The van der Waals surface area contributed by atoms with Gasteiger partial charge in [-0.25, -0.2) is 22.0 Å². The quantitative estimate of drug-likeness (QED) is 0.479. The number of carbonyl (C=O) groups is 2. The number of benzene rings is 2. The van der Waals surface area contributed by atoms with Crippen LogP contribution >= 0.6 is 0 Å². The Morgan fingerprint density at radius 2 is 1.54 bits per heavy atom. The van der Waals surface area contributed by atoms with Crippen LogP contribution in [0.5, 0.6) is 0 Å². The van der Waals surface area contributed by atoms with Gasteiger partial charge in [0.25, 0.3) is 0 Å². The summed E-state index contributed by atoms with van der Waals surface area (Å²) in [6.45, 7) is 0. The maximum Gasteiger partial charge on any atom is 0.340 e. The zero-order valence-corrected chi connectivity index (χ0v) is 13.5. The van der Waals surface area contributed by atoms with E-state index in [0.717, 1.165) is 49.8 Å². The lowest BCUT2D eigenvalue weighted by atomic mass is 10.0. The highest BCUT2D eigenvalue weighted by Gasteiger charge is 2.21. The van der Waals surface area contributed by atoms with Crippen molar-refractivity contribution in [2.45, 2.75) is 4.90 Å². The molecule has 0 aliphatic heterocycles. The minimum Gasteiger partial charge on any atom is -0.465 e. The standard InChI is InChI=1S/C16H12F2O5S/c1-23-16(20)12-7-9(3-5-14(12)18)15(19)11-8-10(24(2,21)22)4-6-13(11)17/h3-8H,1-2H3. The van der Waals surface area contributed by atoms with Gasteiger partial charge in [0, 0.05) is 11.8 Å². The summed E-state index contributed by atoms with van der Waals surface area (Å²) < 4.78 is 55.0. The summed E-state index contributed by atoms with van der Waals surface area (Å²) in [5, 5.41) is 0. The van der Waals surface area contributed by atoms with Crippen LogP contribution in [-0.4, -0.2) is 33.5 Å². The zero-order valence-electron chi connectivity index (χ0n) is 12.7. The molecule has 0 atom stereocenters. The molecule has 0 amide bonds. The molecule has 0 N–H and O–H groups in total. The summed E-state index contributed by atoms with van der Waals surface area (Å²) in [7, 11) is -2.60. The Labute approximate surface area is 136 Å². The van der Waals surface area contributed by atoms with Gasteiger partial charge < -0.3 is 4.74 Å². The second-order valence-electron chi connectivity index (χ2n) is 4.93. The molecule has 0 radical (unpaired) electrons. The molecule has 126 valence electrons. The normalized spacial score (nSPS) is 11.2. The maximum absolute atomic E-state index is 13.9. The maximum atomic E-state index is 13.9. The van der Waals surface area contributed by atoms with Crippen molar-refractivity contribution < 1.29 is 31.5 Å². The summed E-state index contributed by atoms with van der Waals surface area (Å²) in [6, 6.07) is 5.65. The van der Waals surface area contributed by atoms with Crippen LogP contribution in [0.25, 0.3) is 0 Å². The molecule has 2 aromatic rings. The molecule has 2 aromatic carbocycles. The molecule has 0 aromatic heterocycles. The SMILES string of the molecule is COC(=O)c1cc(C(=O)c2cc(S(C)(=O)=O)ccc2F)ccc1F. The fraction of sp³-hybridized carbons (Fsp3) is 0.125. The minimum atomic E-state index is -3.64. The van der Waals surface area contributed by atoms with Crippen molar-refractivity contribution in [2.24, 2.45) is 0 Å². The second kappa shape index (κ2) is 6.48. The van der Waals surface area contributed by atoms with Crippen molar-refractivity contribution in [1.29, 1.82) is 0 Å². The van der Waals surface area contributed by atoms with E-state index in [-0.39, 0.29) is 10.5 Å². The van der Waals surface area contributed by atoms with Crippen LogP contribution in [0.15, 0.2) is 41.3 Å². The first-order valence-electron chi connectivity index (χ1n) is 6.57. The average molecular weight is 354 g/mol. The number of sulfone groups is 1. The smallest absolute Gasteiger partial charge is 0.340 e. The van der Waals surface area contributed by atoms with E-state index in [4.69, 9.17) is 0 Å². The Morgan fingerprint density at radius 3 is 2.12 bits per heavy atom. The van der Waals surface area contributed by atoms with Gasteiger partial charge in [0.2, 0.25) is 0 Å². The van der Waals surface area contributed by atoms with Gasteiger partial charge in [-0.3, -0.25) is 4.79 Å². The summed E-state index contributed by atoms with van der Waals surface area (Å²) in [6.07, 6.45) is 0.918. The van der Waals surface area contributed by atoms with Gasteiger partial charge in [0.15, 0.2) is 15.6 Å². The molecule has 2 rings (SSSR count). The van der Waals surface area contributed by atoms with Crippen molar-refractivity contribution in [3.05, 3.63) is 64.7 Å². The molecule has 0 aliphatic carbocycles. The molecule has 0 aliphatic rings. The van der Waals surface area contributed by atoms with E-state index in [0.29, 0.717) is 0 Å². The molecule has 0 unspecified atom stereocenters. The van der Waals surface area contributed by atoms with E-state index < -0.39 is 44.4 Å². The third-order valence-electron chi connectivity index (χ3n) is 3.24. The van der Waals surface area contributed by atoms with Crippen molar-refractivity contribution >= 4 is 21.6 Å². The van der Waals surface area contributed by atoms with Crippen molar-refractivity contribution in [3.8, 4) is 0 Å². The van der Waals surface area contributed by atoms with Crippen LogP contribution in [0, 0.1) is 11.6 Å². The van der Waals surface area contributed by atoms with E-state index in [9.17, 15) is 26.8 Å². The van der Waals surface area contributed by atoms with Gasteiger partial charge in [-0.15, -0.1) is 0 Å². The van der Waals surface area contributed by atoms with Gasteiger partial charge in [-0.2, -0.15) is 0 Å². The van der Waals surface area contributed by atoms with Crippen molar-refractivity contribution in [1.82, 2.24) is 0 Å². The molecule has 8 heteroatoms. The fourth-order valence-electron chi connectivity index (χ4n) is 2.00. The Balaban J connectivity index is 2.56. The van der Waals surface area contributed by atoms with E-state index in [1.165, 1.54) is 0 Å². The Kier molecular flexibility index (Phi) is 4.79. The predicted octanol–water partition coefficient (Wildman–Crippen LogP) is 2.39. The first-order chi connectivity index (χ1) is 11.1. The average Bonchev–Trinajstić information content (AvgIpc) is 2.53. The summed E-state index contributed by atoms with van der Waals surface area (Å²) >= 11 is 0. The minimum absolute atomic E-state index is 0.179. The lowest BCUT2D eigenvalue weighted by Crippen LogP contribution is -2.10. The number of rotatable bonds is 4. The number of halogens is 2. The van der Waals surface area contributed by atoms with E-state index in [2.05, 4.69) is 4.74 Å². The third kappa shape index (κ3) is 3.48. The van der Waals surface area contributed by atoms with Gasteiger partial charge in [-0.05, 0) is 36.4 Å². The van der Waals surface area contributed by atoms with Gasteiger partial charge in [-0.1, -0.05) is 0 Å². The molecule has 0 saturated heterocycles. The molecular weight excluding hydrogens is 342 g/mol. The van der Waals surface area contributed by atoms with Crippen LogP contribution in [0.1, 0.15) is 26.3 Å². The second-order valence-corrected chi connectivity index (χ2v) is 6.94. The zero-order chi connectivity index (χ0) is 18.1. The summed E-state index contributed by atoms with van der Waals surface area (Å²) in [5.41, 5.74) is -1.16. The topological polar surface area (TPSA) is 77.5 Å². The molecule has 5 nitrogen and oxygen atoms in total. The first-order valence-corrected chi connectivity index (χ1v) is 8.46. The third-order valence-corrected chi connectivity index (χ3v) is 4.35. The van der Waals surface area contributed by atoms with E-state index in [1.54, 1.807) is 0 Å². The number of hydrogen-bond donors (Lipinski definition) is 0. The van der Waals surface area contributed by atoms with Crippen molar-refractivity contribution in [3.63, 3.8) is 0 Å². The number of hydrogen-bond acceptors (Lipinski definition) is 5.